The summed E-state index contributed by atoms with van der Waals surface area (Å²) in [5, 5.41) is 6.65. The zero-order valence-corrected chi connectivity index (χ0v) is 16.2. The molecule has 1 aliphatic carbocycles. The molecule has 0 spiro atoms. The summed E-state index contributed by atoms with van der Waals surface area (Å²) in [7, 11) is 0. The second kappa shape index (κ2) is 8.56. The van der Waals surface area contributed by atoms with Crippen molar-refractivity contribution in [2.75, 3.05) is 36.8 Å². The summed E-state index contributed by atoms with van der Waals surface area (Å²) < 4.78 is 0. The Bertz CT molecular complexity index is 829. The number of rotatable bonds is 8. The molecule has 4 N–H and O–H groups in total. The zero-order chi connectivity index (χ0) is 19.3. The smallest absolute Gasteiger partial charge is 0.253 e. The van der Waals surface area contributed by atoms with Crippen molar-refractivity contribution in [3.05, 3.63) is 41.6 Å². The first kappa shape index (κ1) is 18.7. The molecule has 1 aromatic carbocycles. The Hall–Kier alpha value is -2.67. The number of benzene rings is 1. The van der Waals surface area contributed by atoms with Gasteiger partial charge >= 0.3 is 0 Å². The van der Waals surface area contributed by atoms with Crippen LogP contribution >= 0.6 is 0 Å². The second-order valence-electron chi connectivity index (χ2n) is 7.55. The standard InChI is InChI=1S/C21H28N6O/c22-9-4-10-23-19-18(15-7-8-15)14-24-21(26-19)25-17-6-3-5-16(13-17)20(28)27-11-1-2-12-27/h3,5-6,13-15H,1-2,4,7-12,22H2,(H2,23,24,25,26). The van der Waals surface area contributed by atoms with E-state index in [1.165, 1.54) is 18.4 Å². The molecule has 4 rings (SSSR count). The molecule has 2 aromatic rings. The number of nitrogens with two attached hydrogens (primary N) is 1. The lowest BCUT2D eigenvalue weighted by atomic mass is 10.1. The molecule has 0 radical (unpaired) electrons. The molecule has 1 saturated carbocycles. The van der Waals surface area contributed by atoms with Crippen LogP contribution < -0.4 is 16.4 Å². The van der Waals surface area contributed by atoms with Crippen LogP contribution in [-0.4, -0.2) is 47.0 Å². The highest BCUT2D eigenvalue weighted by Gasteiger charge is 2.27. The summed E-state index contributed by atoms with van der Waals surface area (Å²) in [6.45, 7) is 3.15. The van der Waals surface area contributed by atoms with E-state index in [-0.39, 0.29) is 5.91 Å². The molecule has 0 atom stereocenters. The third kappa shape index (κ3) is 4.42. The van der Waals surface area contributed by atoms with Gasteiger partial charge in [0.25, 0.3) is 5.91 Å². The summed E-state index contributed by atoms with van der Waals surface area (Å²) >= 11 is 0. The molecule has 1 aromatic heterocycles. The zero-order valence-electron chi connectivity index (χ0n) is 16.2. The fourth-order valence-corrected chi connectivity index (χ4v) is 3.56. The van der Waals surface area contributed by atoms with Gasteiger partial charge in [-0.2, -0.15) is 4.98 Å². The first-order valence-corrected chi connectivity index (χ1v) is 10.2. The predicted molar refractivity (Wildman–Crippen MR) is 111 cm³/mol. The van der Waals surface area contributed by atoms with Crippen molar-refractivity contribution in [2.24, 2.45) is 5.73 Å². The number of aromatic nitrogens is 2. The highest BCUT2D eigenvalue weighted by molar-refractivity contribution is 5.95. The molecule has 1 amide bonds. The molecule has 7 nitrogen and oxygen atoms in total. The van der Waals surface area contributed by atoms with E-state index >= 15 is 0 Å². The van der Waals surface area contributed by atoms with Crippen molar-refractivity contribution >= 4 is 23.4 Å². The minimum absolute atomic E-state index is 0.0929. The largest absolute Gasteiger partial charge is 0.370 e. The van der Waals surface area contributed by atoms with Gasteiger partial charge in [-0.05, 0) is 62.8 Å². The minimum Gasteiger partial charge on any atom is -0.370 e. The van der Waals surface area contributed by atoms with Crippen molar-refractivity contribution in [3.8, 4) is 0 Å². The number of hydrogen-bond donors (Lipinski definition) is 3. The molecule has 1 saturated heterocycles. The second-order valence-corrected chi connectivity index (χ2v) is 7.55. The van der Waals surface area contributed by atoms with E-state index in [1.54, 1.807) is 0 Å². The van der Waals surface area contributed by atoms with E-state index in [1.807, 2.05) is 35.4 Å². The number of nitrogens with zero attached hydrogens (tertiary/aromatic N) is 3. The number of carbonyl (C=O) groups is 1. The highest BCUT2D eigenvalue weighted by Crippen LogP contribution is 2.42. The Labute approximate surface area is 165 Å². The van der Waals surface area contributed by atoms with Gasteiger partial charge < -0.3 is 21.3 Å². The van der Waals surface area contributed by atoms with Gasteiger partial charge in [-0.3, -0.25) is 4.79 Å². The third-order valence-corrected chi connectivity index (χ3v) is 5.27. The maximum Gasteiger partial charge on any atom is 0.253 e. The quantitative estimate of drug-likeness (QED) is 0.609. The molecule has 7 heteroatoms. The Morgan fingerprint density at radius 3 is 2.82 bits per heavy atom. The van der Waals surface area contributed by atoms with Gasteiger partial charge in [0.1, 0.15) is 5.82 Å². The summed E-state index contributed by atoms with van der Waals surface area (Å²) in [5.41, 5.74) is 8.30. The van der Waals surface area contributed by atoms with Crippen molar-refractivity contribution in [1.29, 1.82) is 0 Å². The molecule has 0 bridgehead atoms. The number of amides is 1. The van der Waals surface area contributed by atoms with Gasteiger partial charge in [0.05, 0.1) is 0 Å². The molecule has 2 heterocycles. The Kier molecular flexibility index (Phi) is 5.71. The van der Waals surface area contributed by atoms with E-state index in [4.69, 9.17) is 5.73 Å². The molecular weight excluding hydrogens is 352 g/mol. The average Bonchev–Trinajstić information content (AvgIpc) is 3.41. The van der Waals surface area contributed by atoms with Crippen LogP contribution in [0.25, 0.3) is 0 Å². The molecule has 28 heavy (non-hydrogen) atoms. The van der Waals surface area contributed by atoms with Gasteiger partial charge in [-0.25, -0.2) is 4.98 Å². The summed E-state index contributed by atoms with van der Waals surface area (Å²) in [6, 6.07) is 7.56. The summed E-state index contributed by atoms with van der Waals surface area (Å²) in [5.74, 6) is 2.08. The molecule has 148 valence electrons. The fraction of sp³-hybridized carbons (Fsp3) is 0.476. The number of hydrogen-bond acceptors (Lipinski definition) is 6. The third-order valence-electron chi connectivity index (χ3n) is 5.27. The first-order valence-electron chi connectivity index (χ1n) is 10.2. The normalized spacial score (nSPS) is 16.2. The highest BCUT2D eigenvalue weighted by atomic mass is 16.2. The van der Waals surface area contributed by atoms with Gasteiger partial charge in [0, 0.05) is 42.6 Å². The van der Waals surface area contributed by atoms with Crippen LogP contribution in [0.4, 0.5) is 17.5 Å². The van der Waals surface area contributed by atoms with E-state index in [0.717, 1.165) is 50.4 Å². The van der Waals surface area contributed by atoms with Crippen LogP contribution in [0.1, 0.15) is 53.9 Å². The van der Waals surface area contributed by atoms with E-state index in [0.29, 0.717) is 24.0 Å². The van der Waals surface area contributed by atoms with Crippen LogP contribution in [0, 0.1) is 0 Å². The molecular formula is C21H28N6O. The maximum atomic E-state index is 12.6. The van der Waals surface area contributed by atoms with Crippen LogP contribution in [-0.2, 0) is 0 Å². The number of nitrogens with one attached hydrogen (secondary N) is 2. The van der Waals surface area contributed by atoms with Gasteiger partial charge in [-0.15, -0.1) is 0 Å². The van der Waals surface area contributed by atoms with Crippen molar-refractivity contribution < 1.29 is 4.79 Å². The van der Waals surface area contributed by atoms with E-state index in [2.05, 4.69) is 20.6 Å². The van der Waals surface area contributed by atoms with Crippen molar-refractivity contribution in [2.45, 2.75) is 38.0 Å². The lowest BCUT2D eigenvalue weighted by Gasteiger charge is -2.16. The van der Waals surface area contributed by atoms with Gasteiger partial charge in [0.15, 0.2) is 0 Å². The van der Waals surface area contributed by atoms with E-state index < -0.39 is 0 Å². The predicted octanol–water partition coefficient (Wildman–Crippen LogP) is 3.09. The lowest BCUT2D eigenvalue weighted by molar-refractivity contribution is 0.0793. The molecule has 2 fully saturated rings. The van der Waals surface area contributed by atoms with Crippen LogP contribution in [0.15, 0.2) is 30.5 Å². The number of likely N-dealkylation sites (tertiary alicyclic amines) is 1. The molecule has 0 unspecified atom stereocenters. The Balaban J connectivity index is 1.49. The lowest BCUT2D eigenvalue weighted by Crippen LogP contribution is -2.27. The van der Waals surface area contributed by atoms with Crippen LogP contribution in [0.2, 0.25) is 0 Å². The number of anilines is 3. The summed E-state index contributed by atoms with van der Waals surface area (Å²) in [4.78, 5) is 23.7. The van der Waals surface area contributed by atoms with Crippen LogP contribution in [0.5, 0.6) is 0 Å². The fourth-order valence-electron chi connectivity index (χ4n) is 3.56. The van der Waals surface area contributed by atoms with Gasteiger partial charge in [-0.1, -0.05) is 6.07 Å². The minimum atomic E-state index is 0.0929. The molecule has 2 aliphatic rings. The van der Waals surface area contributed by atoms with Crippen molar-refractivity contribution in [3.63, 3.8) is 0 Å². The van der Waals surface area contributed by atoms with Crippen molar-refractivity contribution in [1.82, 2.24) is 14.9 Å². The number of carbonyl (C=O) groups excluding carboxylic acids is 1. The average molecular weight is 380 g/mol. The maximum absolute atomic E-state index is 12.6. The Morgan fingerprint density at radius 2 is 2.07 bits per heavy atom. The topological polar surface area (TPSA) is 96.2 Å². The summed E-state index contributed by atoms with van der Waals surface area (Å²) in [6.07, 6.45) is 7.38. The monoisotopic (exact) mass is 380 g/mol. The Morgan fingerprint density at radius 1 is 1.25 bits per heavy atom. The van der Waals surface area contributed by atoms with Gasteiger partial charge in [0.2, 0.25) is 5.95 Å². The SMILES string of the molecule is NCCCNc1nc(Nc2cccc(C(=O)N3CCCC3)c2)ncc1C1CC1. The first-order chi connectivity index (χ1) is 13.7. The van der Waals surface area contributed by atoms with Crippen LogP contribution in [0.3, 0.4) is 0 Å². The molecule has 1 aliphatic heterocycles. The van der Waals surface area contributed by atoms with E-state index in [9.17, 15) is 4.79 Å².